The number of benzene rings is 1. The lowest BCUT2D eigenvalue weighted by Gasteiger charge is -2.14. The third-order valence-electron chi connectivity index (χ3n) is 3.70. The summed E-state index contributed by atoms with van der Waals surface area (Å²) in [6.07, 6.45) is 4.81. The first kappa shape index (κ1) is 16.4. The average molecular weight is 335 g/mol. The molecule has 126 valence electrons. The molecule has 0 spiro atoms. The molecular formula is C19H17N3O3. The molecule has 0 aliphatic heterocycles. The van der Waals surface area contributed by atoms with Gasteiger partial charge in [0.1, 0.15) is 0 Å². The molecule has 0 aliphatic carbocycles. The van der Waals surface area contributed by atoms with Crippen molar-refractivity contribution < 1.29 is 14.0 Å². The number of rotatable bonds is 5. The van der Waals surface area contributed by atoms with Gasteiger partial charge in [0.15, 0.2) is 5.76 Å². The average Bonchev–Trinajstić information content (AvgIpc) is 3.18. The van der Waals surface area contributed by atoms with Crippen molar-refractivity contribution in [2.24, 2.45) is 0 Å². The zero-order chi connectivity index (χ0) is 17.6. The lowest BCUT2D eigenvalue weighted by molar-refractivity contribution is 0.0939. The van der Waals surface area contributed by atoms with Crippen LogP contribution >= 0.6 is 0 Å². The van der Waals surface area contributed by atoms with Gasteiger partial charge in [-0.25, -0.2) is 0 Å². The molecule has 6 heteroatoms. The zero-order valence-electron chi connectivity index (χ0n) is 13.6. The quantitative estimate of drug-likeness (QED) is 0.748. The number of anilines is 1. The predicted molar refractivity (Wildman–Crippen MR) is 93.2 cm³/mol. The summed E-state index contributed by atoms with van der Waals surface area (Å²) >= 11 is 0. The molecule has 1 aromatic carbocycles. The minimum atomic E-state index is -0.339. The van der Waals surface area contributed by atoms with Gasteiger partial charge in [0.2, 0.25) is 0 Å². The van der Waals surface area contributed by atoms with Crippen LogP contribution in [0.2, 0.25) is 0 Å². The fourth-order valence-corrected chi connectivity index (χ4v) is 2.32. The van der Waals surface area contributed by atoms with E-state index >= 15 is 0 Å². The molecule has 0 radical (unpaired) electrons. The highest BCUT2D eigenvalue weighted by Gasteiger charge is 2.12. The number of aromatic nitrogens is 1. The maximum atomic E-state index is 12.3. The van der Waals surface area contributed by atoms with Crippen molar-refractivity contribution in [3.05, 3.63) is 84.1 Å². The standard InChI is InChI=1S/C19H17N3O3/c1-13(14-8-10-20-11-9-14)21-18(23)15-4-6-16(7-5-15)22-19(24)17-3-2-12-25-17/h2-13H,1H3,(H,21,23)(H,22,24). The van der Waals surface area contributed by atoms with Crippen LogP contribution in [0.3, 0.4) is 0 Å². The zero-order valence-corrected chi connectivity index (χ0v) is 13.6. The number of furan rings is 1. The van der Waals surface area contributed by atoms with Gasteiger partial charge in [-0.05, 0) is 61.0 Å². The van der Waals surface area contributed by atoms with E-state index in [-0.39, 0.29) is 23.6 Å². The Balaban J connectivity index is 1.61. The highest BCUT2D eigenvalue weighted by molar-refractivity contribution is 6.02. The van der Waals surface area contributed by atoms with Gasteiger partial charge in [-0.15, -0.1) is 0 Å². The van der Waals surface area contributed by atoms with Crippen LogP contribution in [0, 0.1) is 0 Å². The van der Waals surface area contributed by atoms with E-state index in [0.717, 1.165) is 5.56 Å². The summed E-state index contributed by atoms with van der Waals surface area (Å²) in [5.41, 5.74) is 2.07. The van der Waals surface area contributed by atoms with E-state index in [0.29, 0.717) is 11.3 Å². The Bertz CT molecular complexity index is 843. The van der Waals surface area contributed by atoms with Crippen molar-refractivity contribution in [1.82, 2.24) is 10.3 Å². The smallest absolute Gasteiger partial charge is 0.291 e. The highest BCUT2D eigenvalue weighted by atomic mass is 16.3. The minimum Gasteiger partial charge on any atom is -0.459 e. The van der Waals surface area contributed by atoms with Gasteiger partial charge < -0.3 is 15.1 Å². The Kier molecular flexibility index (Phi) is 4.89. The molecule has 2 heterocycles. The molecule has 25 heavy (non-hydrogen) atoms. The van der Waals surface area contributed by atoms with E-state index < -0.39 is 0 Å². The molecule has 2 aromatic heterocycles. The summed E-state index contributed by atoms with van der Waals surface area (Å²) in [4.78, 5) is 28.2. The van der Waals surface area contributed by atoms with Crippen molar-refractivity contribution in [3.63, 3.8) is 0 Å². The number of pyridine rings is 1. The molecule has 3 aromatic rings. The third-order valence-corrected chi connectivity index (χ3v) is 3.70. The first-order valence-electron chi connectivity index (χ1n) is 7.79. The largest absolute Gasteiger partial charge is 0.459 e. The van der Waals surface area contributed by atoms with E-state index in [1.807, 2.05) is 19.1 Å². The van der Waals surface area contributed by atoms with Gasteiger partial charge in [0.25, 0.3) is 11.8 Å². The van der Waals surface area contributed by atoms with Crippen molar-refractivity contribution in [3.8, 4) is 0 Å². The summed E-state index contributed by atoms with van der Waals surface area (Å²) < 4.78 is 5.03. The Labute approximate surface area is 144 Å². The topological polar surface area (TPSA) is 84.2 Å². The normalized spacial score (nSPS) is 11.6. The second-order valence-electron chi connectivity index (χ2n) is 5.48. The Hall–Kier alpha value is -3.41. The van der Waals surface area contributed by atoms with Crippen molar-refractivity contribution in [1.29, 1.82) is 0 Å². The van der Waals surface area contributed by atoms with Crippen LogP contribution in [0.25, 0.3) is 0 Å². The van der Waals surface area contributed by atoms with Crippen LogP contribution in [-0.2, 0) is 0 Å². The number of carbonyl (C=O) groups is 2. The molecule has 1 unspecified atom stereocenters. The monoisotopic (exact) mass is 335 g/mol. The van der Waals surface area contributed by atoms with Gasteiger partial charge in [-0.1, -0.05) is 0 Å². The Morgan fingerprint density at radius 2 is 1.72 bits per heavy atom. The maximum Gasteiger partial charge on any atom is 0.291 e. The van der Waals surface area contributed by atoms with Crippen LogP contribution in [0.5, 0.6) is 0 Å². The summed E-state index contributed by atoms with van der Waals surface area (Å²) in [5, 5.41) is 5.63. The van der Waals surface area contributed by atoms with Gasteiger partial charge in [-0.3, -0.25) is 14.6 Å². The molecule has 1 atom stereocenters. The van der Waals surface area contributed by atoms with Crippen LogP contribution in [0.4, 0.5) is 5.69 Å². The number of hydrogen-bond donors (Lipinski definition) is 2. The molecule has 2 amide bonds. The summed E-state index contributed by atoms with van der Waals surface area (Å²) in [6, 6.07) is 13.5. The van der Waals surface area contributed by atoms with Gasteiger partial charge in [0, 0.05) is 23.6 Å². The van der Waals surface area contributed by atoms with E-state index in [1.54, 1.807) is 48.8 Å². The molecule has 2 N–H and O–H groups in total. The second-order valence-corrected chi connectivity index (χ2v) is 5.48. The maximum absolute atomic E-state index is 12.3. The molecule has 0 bridgehead atoms. The van der Waals surface area contributed by atoms with Crippen LogP contribution in [0.15, 0.2) is 71.6 Å². The highest BCUT2D eigenvalue weighted by Crippen LogP contribution is 2.14. The molecule has 0 saturated carbocycles. The third kappa shape index (κ3) is 4.11. The summed E-state index contributed by atoms with van der Waals surface area (Å²) in [7, 11) is 0. The molecular weight excluding hydrogens is 318 g/mol. The second kappa shape index (κ2) is 7.44. The summed E-state index contributed by atoms with van der Waals surface area (Å²) in [6.45, 7) is 1.91. The van der Waals surface area contributed by atoms with E-state index in [1.165, 1.54) is 6.26 Å². The lowest BCUT2D eigenvalue weighted by atomic mass is 10.1. The van der Waals surface area contributed by atoms with E-state index in [4.69, 9.17) is 4.42 Å². The van der Waals surface area contributed by atoms with Crippen molar-refractivity contribution in [2.45, 2.75) is 13.0 Å². The number of nitrogens with one attached hydrogen (secondary N) is 2. The van der Waals surface area contributed by atoms with Gasteiger partial charge in [0.05, 0.1) is 12.3 Å². The first-order chi connectivity index (χ1) is 12.1. The summed E-state index contributed by atoms with van der Waals surface area (Å²) in [5.74, 6) is -0.297. The fraction of sp³-hybridized carbons (Fsp3) is 0.105. The predicted octanol–water partition coefficient (Wildman–Crippen LogP) is 3.42. The Morgan fingerprint density at radius 1 is 1.00 bits per heavy atom. The van der Waals surface area contributed by atoms with E-state index in [2.05, 4.69) is 15.6 Å². The molecule has 0 fully saturated rings. The molecule has 0 aliphatic rings. The number of carbonyl (C=O) groups excluding carboxylic acids is 2. The Morgan fingerprint density at radius 3 is 2.36 bits per heavy atom. The SMILES string of the molecule is CC(NC(=O)c1ccc(NC(=O)c2ccco2)cc1)c1ccncc1. The van der Waals surface area contributed by atoms with Crippen LogP contribution in [0.1, 0.15) is 39.4 Å². The van der Waals surface area contributed by atoms with Gasteiger partial charge in [-0.2, -0.15) is 0 Å². The first-order valence-corrected chi connectivity index (χ1v) is 7.79. The molecule has 0 saturated heterocycles. The van der Waals surface area contributed by atoms with E-state index in [9.17, 15) is 9.59 Å². The number of amides is 2. The molecule has 3 rings (SSSR count). The van der Waals surface area contributed by atoms with Gasteiger partial charge >= 0.3 is 0 Å². The number of nitrogens with zero attached hydrogens (tertiary/aromatic N) is 1. The molecule has 6 nitrogen and oxygen atoms in total. The van der Waals surface area contributed by atoms with Crippen LogP contribution in [-0.4, -0.2) is 16.8 Å². The fourth-order valence-electron chi connectivity index (χ4n) is 2.32. The van der Waals surface area contributed by atoms with Crippen molar-refractivity contribution >= 4 is 17.5 Å². The lowest BCUT2D eigenvalue weighted by Crippen LogP contribution is -2.26. The van der Waals surface area contributed by atoms with Crippen LogP contribution < -0.4 is 10.6 Å². The van der Waals surface area contributed by atoms with Crippen molar-refractivity contribution in [2.75, 3.05) is 5.32 Å². The number of hydrogen-bond acceptors (Lipinski definition) is 4. The minimum absolute atomic E-state index is 0.131.